The Morgan fingerprint density at radius 3 is 2.41 bits per heavy atom. The lowest BCUT2D eigenvalue weighted by molar-refractivity contribution is 0.600. The molecule has 0 aliphatic heterocycles. The molecular formula is C14H13F2N. The summed E-state index contributed by atoms with van der Waals surface area (Å²) in [6.45, 7) is 1.90. The zero-order valence-corrected chi connectivity index (χ0v) is 9.45. The molecule has 0 fully saturated rings. The molecular weight excluding hydrogens is 220 g/mol. The van der Waals surface area contributed by atoms with Crippen molar-refractivity contribution in [2.45, 2.75) is 13.0 Å². The van der Waals surface area contributed by atoms with Crippen molar-refractivity contribution >= 4 is 5.69 Å². The predicted molar refractivity (Wildman–Crippen MR) is 64.8 cm³/mol. The Morgan fingerprint density at radius 1 is 1.00 bits per heavy atom. The SMILES string of the molecule is CC(Nc1cc(F)ccc1F)c1ccccc1. The average molecular weight is 233 g/mol. The minimum Gasteiger partial charge on any atom is -0.376 e. The van der Waals surface area contributed by atoms with Crippen LogP contribution in [-0.4, -0.2) is 0 Å². The summed E-state index contributed by atoms with van der Waals surface area (Å²) in [4.78, 5) is 0. The number of nitrogens with one attached hydrogen (secondary N) is 1. The van der Waals surface area contributed by atoms with Gasteiger partial charge in [0.15, 0.2) is 0 Å². The van der Waals surface area contributed by atoms with Gasteiger partial charge in [-0.1, -0.05) is 30.3 Å². The fraction of sp³-hybridized carbons (Fsp3) is 0.143. The molecule has 0 radical (unpaired) electrons. The van der Waals surface area contributed by atoms with E-state index < -0.39 is 11.6 Å². The number of rotatable bonds is 3. The molecule has 0 aliphatic carbocycles. The molecule has 0 saturated carbocycles. The van der Waals surface area contributed by atoms with Crippen molar-refractivity contribution in [3.05, 3.63) is 65.7 Å². The maximum Gasteiger partial charge on any atom is 0.146 e. The van der Waals surface area contributed by atoms with Crippen molar-refractivity contribution in [3.8, 4) is 0 Å². The van der Waals surface area contributed by atoms with E-state index in [0.717, 1.165) is 23.8 Å². The van der Waals surface area contributed by atoms with E-state index in [1.54, 1.807) is 0 Å². The van der Waals surface area contributed by atoms with E-state index in [0.29, 0.717) is 0 Å². The van der Waals surface area contributed by atoms with Crippen LogP contribution in [0, 0.1) is 11.6 Å². The lowest BCUT2D eigenvalue weighted by Gasteiger charge is -2.16. The van der Waals surface area contributed by atoms with Crippen LogP contribution < -0.4 is 5.32 Å². The Bertz CT molecular complexity index is 497. The molecule has 2 aromatic carbocycles. The maximum atomic E-state index is 13.4. The minimum absolute atomic E-state index is 0.0764. The fourth-order valence-electron chi connectivity index (χ4n) is 1.67. The van der Waals surface area contributed by atoms with Gasteiger partial charge in [0.1, 0.15) is 11.6 Å². The molecule has 0 aromatic heterocycles. The normalized spacial score (nSPS) is 12.2. The molecule has 1 nitrogen and oxygen atoms in total. The first-order valence-electron chi connectivity index (χ1n) is 5.43. The van der Waals surface area contributed by atoms with Crippen molar-refractivity contribution in [2.24, 2.45) is 0 Å². The highest BCUT2D eigenvalue weighted by Gasteiger charge is 2.08. The van der Waals surface area contributed by atoms with Crippen molar-refractivity contribution in [1.82, 2.24) is 0 Å². The molecule has 1 atom stereocenters. The van der Waals surface area contributed by atoms with Crippen molar-refractivity contribution in [2.75, 3.05) is 5.32 Å². The molecule has 0 amide bonds. The Hall–Kier alpha value is -1.90. The van der Waals surface area contributed by atoms with Gasteiger partial charge in [-0.3, -0.25) is 0 Å². The molecule has 0 heterocycles. The minimum atomic E-state index is -0.450. The van der Waals surface area contributed by atoms with Gasteiger partial charge in [-0.25, -0.2) is 8.78 Å². The number of hydrogen-bond acceptors (Lipinski definition) is 1. The van der Waals surface area contributed by atoms with Crippen molar-refractivity contribution < 1.29 is 8.78 Å². The second kappa shape index (κ2) is 4.95. The summed E-state index contributed by atoms with van der Waals surface area (Å²) in [6.07, 6.45) is 0. The third kappa shape index (κ3) is 2.81. The quantitative estimate of drug-likeness (QED) is 0.840. The molecule has 2 aromatic rings. The van der Waals surface area contributed by atoms with Crippen LogP contribution in [0.25, 0.3) is 0 Å². The second-order valence-corrected chi connectivity index (χ2v) is 3.90. The van der Waals surface area contributed by atoms with Crippen molar-refractivity contribution in [3.63, 3.8) is 0 Å². The van der Waals surface area contributed by atoms with Crippen LogP contribution in [0.15, 0.2) is 48.5 Å². The van der Waals surface area contributed by atoms with Crippen LogP contribution in [-0.2, 0) is 0 Å². The second-order valence-electron chi connectivity index (χ2n) is 3.90. The Balaban J connectivity index is 2.18. The number of benzene rings is 2. The highest BCUT2D eigenvalue weighted by molar-refractivity contribution is 5.47. The summed E-state index contributed by atoms with van der Waals surface area (Å²) in [6, 6.07) is 12.9. The van der Waals surface area contributed by atoms with Gasteiger partial charge in [0.05, 0.1) is 5.69 Å². The third-order valence-electron chi connectivity index (χ3n) is 2.60. The largest absolute Gasteiger partial charge is 0.376 e. The molecule has 1 N–H and O–H groups in total. The van der Waals surface area contributed by atoms with E-state index in [9.17, 15) is 8.78 Å². The summed E-state index contributed by atoms with van der Waals surface area (Å²) < 4.78 is 26.4. The lowest BCUT2D eigenvalue weighted by Crippen LogP contribution is -2.08. The average Bonchev–Trinajstić information content (AvgIpc) is 2.35. The van der Waals surface area contributed by atoms with Crippen LogP contribution in [0.5, 0.6) is 0 Å². The molecule has 2 rings (SSSR count). The molecule has 17 heavy (non-hydrogen) atoms. The van der Waals surface area contributed by atoms with Gasteiger partial charge in [0.2, 0.25) is 0 Å². The standard InChI is InChI=1S/C14H13F2N/c1-10(11-5-3-2-4-6-11)17-14-9-12(15)7-8-13(14)16/h2-10,17H,1H3. The smallest absolute Gasteiger partial charge is 0.146 e. The Labute approximate surface area is 99.1 Å². The van der Waals surface area contributed by atoms with E-state index in [-0.39, 0.29) is 11.7 Å². The van der Waals surface area contributed by atoms with E-state index in [4.69, 9.17) is 0 Å². The molecule has 0 aliphatic rings. The number of hydrogen-bond donors (Lipinski definition) is 1. The predicted octanol–water partition coefficient (Wildman–Crippen LogP) is 4.14. The van der Waals surface area contributed by atoms with Crippen LogP contribution in [0.3, 0.4) is 0 Å². The molecule has 88 valence electrons. The van der Waals surface area contributed by atoms with Gasteiger partial charge in [0, 0.05) is 6.04 Å². The topological polar surface area (TPSA) is 12.0 Å². The van der Waals surface area contributed by atoms with Crippen molar-refractivity contribution in [1.29, 1.82) is 0 Å². The summed E-state index contributed by atoms with van der Waals surface area (Å²) >= 11 is 0. The van der Waals surface area contributed by atoms with E-state index >= 15 is 0 Å². The zero-order chi connectivity index (χ0) is 12.3. The van der Waals surface area contributed by atoms with E-state index in [1.165, 1.54) is 0 Å². The zero-order valence-electron chi connectivity index (χ0n) is 9.45. The summed E-state index contributed by atoms with van der Waals surface area (Å²) in [5.74, 6) is -0.900. The van der Waals surface area contributed by atoms with Gasteiger partial charge in [-0.15, -0.1) is 0 Å². The van der Waals surface area contributed by atoms with Gasteiger partial charge in [-0.2, -0.15) is 0 Å². The molecule has 0 bridgehead atoms. The maximum absolute atomic E-state index is 13.4. The molecule has 1 unspecified atom stereocenters. The van der Waals surface area contributed by atoms with Gasteiger partial charge >= 0.3 is 0 Å². The van der Waals surface area contributed by atoms with Gasteiger partial charge < -0.3 is 5.32 Å². The summed E-state index contributed by atoms with van der Waals surface area (Å²) in [7, 11) is 0. The molecule has 3 heteroatoms. The molecule has 0 spiro atoms. The number of anilines is 1. The molecule has 0 saturated heterocycles. The van der Waals surface area contributed by atoms with Crippen LogP contribution in [0.1, 0.15) is 18.5 Å². The van der Waals surface area contributed by atoms with Crippen LogP contribution in [0.2, 0.25) is 0 Å². The third-order valence-corrected chi connectivity index (χ3v) is 2.60. The Kier molecular flexibility index (Phi) is 3.38. The first-order chi connectivity index (χ1) is 8.16. The van der Waals surface area contributed by atoms with Crippen LogP contribution >= 0.6 is 0 Å². The monoisotopic (exact) mass is 233 g/mol. The first-order valence-corrected chi connectivity index (χ1v) is 5.43. The van der Waals surface area contributed by atoms with E-state index in [1.807, 2.05) is 37.3 Å². The van der Waals surface area contributed by atoms with Gasteiger partial charge in [0.25, 0.3) is 0 Å². The summed E-state index contributed by atoms with van der Waals surface area (Å²) in [5.41, 5.74) is 1.21. The van der Waals surface area contributed by atoms with Gasteiger partial charge in [-0.05, 0) is 30.7 Å². The first kappa shape index (κ1) is 11.6. The summed E-state index contributed by atoms with van der Waals surface area (Å²) in [5, 5.41) is 2.95. The Morgan fingerprint density at radius 2 is 1.71 bits per heavy atom. The lowest BCUT2D eigenvalue weighted by atomic mass is 10.1. The van der Waals surface area contributed by atoms with Crippen LogP contribution in [0.4, 0.5) is 14.5 Å². The van der Waals surface area contributed by atoms with E-state index in [2.05, 4.69) is 5.32 Å². The highest BCUT2D eigenvalue weighted by atomic mass is 19.1. The highest BCUT2D eigenvalue weighted by Crippen LogP contribution is 2.22. The number of halogens is 2. The fourth-order valence-corrected chi connectivity index (χ4v) is 1.67.